The molecular weight excluding hydrogens is 765 g/mol. The van der Waals surface area contributed by atoms with Crippen LogP contribution in [0.2, 0.25) is 0 Å². The summed E-state index contributed by atoms with van der Waals surface area (Å²) in [6.45, 7) is 13.5. The molecule has 0 spiro atoms. The number of hydrogen-bond acceptors (Lipinski definition) is 9. The van der Waals surface area contributed by atoms with E-state index in [9.17, 15) is 19.2 Å². The zero-order valence-electron chi connectivity index (χ0n) is 35.7. The van der Waals surface area contributed by atoms with Gasteiger partial charge in [0, 0.05) is 29.8 Å². The molecule has 2 aromatic carbocycles. The Labute approximate surface area is 350 Å². The smallest absolute Gasteiger partial charge is 0.407 e. The van der Waals surface area contributed by atoms with Gasteiger partial charge in [-0.3, -0.25) is 9.59 Å². The number of nitrogens with zero attached hydrogens (tertiary/aromatic N) is 4. The molecule has 318 valence electrons. The standard InChI is InChI=1S/C45H56N8O7/c1-22(2)38(50-44(56)58-7)42(54)52-19-24(5)11-33(52)40-46-17-31(48-40)28-13-26-9-10-27-14-29(16-35-37(27)36(26)30(15-28)21-60-35)32-18-47-41(49-32)34-12-25(6)20-53(34)43(55)39(23(3)4)51-45(57)59-8/h13-18,22-25,33-34,38-39H,9-12,19-21H2,1-8H3,(H,46,48)(H,47,49)(H,50,56)(H,51,57)/t24-,25-,33-,34-,38-,39-/m0/s1. The summed E-state index contributed by atoms with van der Waals surface area (Å²) in [6.07, 6.45) is 5.65. The van der Waals surface area contributed by atoms with Crippen molar-refractivity contribution >= 4 is 24.0 Å². The Bertz CT molecular complexity index is 2100. The Balaban J connectivity index is 1.03. The lowest BCUT2D eigenvalue weighted by atomic mass is 9.79. The number of methoxy groups -OCH3 is 2. The van der Waals surface area contributed by atoms with Gasteiger partial charge in [-0.05, 0) is 95.9 Å². The van der Waals surface area contributed by atoms with Crippen LogP contribution in [0.5, 0.6) is 5.75 Å². The summed E-state index contributed by atoms with van der Waals surface area (Å²) in [5.74, 6) is 2.29. The molecule has 1 aliphatic carbocycles. The lowest BCUT2D eigenvalue weighted by Gasteiger charge is -2.30. The molecule has 0 saturated carbocycles. The van der Waals surface area contributed by atoms with Gasteiger partial charge in [-0.1, -0.05) is 41.5 Å². The van der Waals surface area contributed by atoms with Crippen molar-refractivity contribution in [2.24, 2.45) is 23.7 Å². The number of benzene rings is 2. The van der Waals surface area contributed by atoms with Gasteiger partial charge in [0.1, 0.15) is 36.1 Å². The first-order valence-electron chi connectivity index (χ1n) is 21.1. The van der Waals surface area contributed by atoms with Crippen molar-refractivity contribution in [2.75, 3.05) is 27.3 Å². The summed E-state index contributed by atoms with van der Waals surface area (Å²) >= 11 is 0. The summed E-state index contributed by atoms with van der Waals surface area (Å²) in [7, 11) is 2.59. The van der Waals surface area contributed by atoms with E-state index >= 15 is 0 Å². The summed E-state index contributed by atoms with van der Waals surface area (Å²) in [4.78, 5) is 72.3. The molecule has 8 rings (SSSR count). The monoisotopic (exact) mass is 820 g/mol. The first-order chi connectivity index (χ1) is 28.7. The SMILES string of the molecule is COC(=O)N[C@H](C(=O)N1C[C@@H](C)C[C@H]1c1ncc(-c2cc3c4c(c2)COc2cc(-c5cnc([C@@H]6C[C@H](C)CN6C(=O)[C@@H](NC(=O)OC)C(C)C)[nH]5)cc(c2-4)CC3)[nH]1)C(C)C. The number of carbonyl (C=O) groups is 4. The molecule has 15 nitrogen and oxygen atoms in total. The summed E-state index contributed by atoms with van der Waals surface area (Å²) in [5, 5.41) is 5.46. The second-order valence-corrected chi connectivity index (χ2v) is 17.7. The number of likely N-dealkylation sites (tertiary alicyclic amines) is 2. The maximum Gasteiger partial charge on any atom is 0.407 e. The molecule has 0 radical (unpaired) electrons. The van der Waals surface area contributed by atoms with E-state index in [1.165, 1.54) is 30.9 Å². The molecule has 5 heterocycles. The number of aryl methyl sites for hydroxylation is 2. The highest BCUT2D eigenvalue weighted by Gasteiger charge is 2.42. The van der Waals surface area contributed by atoms with E-state index < -0.39 is 24.3 Å². The zero-order valence-corrected chi connectivity index (χ0v) is 35.7. The Hall–Kier alpha value is -5.86. The zero-order chi connectivity index (χ0) is 42.6. The minimum atomic E-state index is -0.711. The van der Waals surface area contributed by atoms with Crippen LogP contribution in [0, 0.1) is 23.7 Å². The van der Waals surface area contributed by atoms with E-state index in [1.54, 1.807) is 0 Å². The van der Waals surface area contributed by atoms with Crippen LogP contribution in [-0.4, -0.2) is 93.1 Å². The predicted octanol–water partition coefficient (Wildman–Crippen LogP) is 6.71. The number of rotatable bonds is 10. The number of imidazole rings is 2. The lowest BCUT2D eigenvalue weighted by Crippen LogP contribution is -2.51. The van der Waals surface area contributed by atoms with Crippen molar-refractivity contribution < 1.29 is 33.4 Å². The van der Waals surface area contributed by atoms with E-state index in [4.69, 9.17) is 24.2 Å². The molecular formula is C45H56N8O7. The molecule has 4 aromatic rings. The molecule has 4 amide bonds. The molecule has 2 fully saturated rings. The van der Waals surface area contributed by atoms with Gasteiger partial charge in [0.05, 0.1) is 50.1 Å². The summed E-state index contributed by atoms with van der Waals surface area (Å²) in [5.41, 5.74) is 9.67. The lowest BCUT2D eigenvalue weighted by molar-refractivity contribution is -0.136. The Morgan fingerprint density at radius 1 is 0.700 bits per heavy atom. The van der Waals surface area contributed by atoms with Gasteiger partial charge in [-0.2, -0.15) is 0 Å². The van der Waals surface area contributed by atoms with Gasteiger partial charge in [0.15, 0.2) is 0 Å². The largest absolute Gasteiger partial charge is 0.488 e. The molecule has 4 aliphatic rings. The molecule has 15 heteroatoms. The van der Waals surface area contributed by atoms with E-state index in [0.29, 0.717) is 19.7 Å². The quantitative estimate of drug-likeness (QED) is 0.135. The van der Waals surface area contributed by atoms with Crippen molar-refractivity contribution in [3.05, 3.63) is 65.0 Å². The van der Waals surface area contributed by atoms with Crippen molar-refractivity contribution in [1.29, 1.82) is 0 Å². The van der Waals surface area contributed by atoms with E-state index in [0.717, 1.165) is 76.7 Å². The van der Waals surface area contributed by atoms with Crippen molar-refractivity contribution in [3.8, 4) is 39.4 Å². The Morgan fingerprint density at radius 3 is 1.62 bits per heavy atom. The van der Waals surface area contributed by atoms with Crippen LogP contribution in [0.1, 0.15) is 94.8 Å². The van der Waals surface area contributed by atoms with Crippen molar-refractivity contribution in [1.82, 2.24) is 40.4 Å². The number of H-pyrrole nitrogens is 2. The Morgan fingerprint density at radius 2 is 1.15 bits per heavy atom. The number of aromatic nitrogens is 4. The van der Waals surface area contributed by atoms with Crippen molar-refractivity contribution in [3.63, 3.8) is 0 Å². The highest BCUT2D eigenvalue weighted by atomic mass is 16.5. The third-order valence-electron chi connectivity index (χ3n) is 12.6. The van der Waals surface area contributed by atoms with Crippen molar-refractivity contribution in [2.45, 2.75) is 98.0 Å². The van der Waals surface area contributed by atoms with E-state index in [-0.39, 0.29) is 47.6 Å². The maximum atomic E-state index is 13.8. The predicted molar refractivity (Wildman–Crippen MR) is 224 cm³/mol. The second kappa shape index (κ2) is 16.3. The first-order valence-corrected chi connectivity index (χ1v) is 21.1. The topological polar surface area (TPSA) is 184 Å². The van der Waals surface area contributed by atoms with E-state index in [2.05, 4.69) is 58.7 Å². The van der Waals surface area contributed by atoms with Crippen LogP contribution in [0.3, 0.4) is 0 Å². The number of aromatic amines is 2. The van der Waals surface area contributed by atoms with Gasteiger partial charge in [-0.25, -0.2) is 19.6 Å². The fourth-order valence-electron chi connectivity index (χ4n) is 9.56. The Kier molecular flexibility index (Phi) is 11.1. The summed E-state index contributed by atoms with van der Waals surface area (Å²) < 4.78 is 16.1. The van der Waals surface area contributed by atoms with Gasteiger partial charge < -0.3 is 44.6 Å². The number of amides is 4. The molecule has 6 atom stereocenters. The molecule has 2 aromatic heterocycles. The number of ether oxygens (including phenoxy) is 3. The fourth-order valence-corrected chi connectivity index (χ4v) is 9.56. The molecule has 60 heavy (non-hydrogen) atoms. The molecule has 0 bridgehead atoms. The van der Waals surface area contributed by atoms with Gasteiger partial charge in [0.25, 0.3) is 0 Å². The van der Waals surface area contributed by atoms with Crippen LogP contribution < -0.4 is 15.4 Å². The van der Waals surface area contributed by atoms with Crippen LogP contribution in [0.25, 0.3) is 33.6 Å². The molecule has 3 aliphatic heterocycles. The average Bonchev–Trinajstić information content (AvgIpc) is 4.06. The van der Waals surface area contributed by atoms with Crippen LogP contribution in [0.15, 0.2) is 36.7 Å². The average molecular weight is 821 g/mol. The van der Waals surface area contributed by atoms with Crippen LogP contribution in [0.4, 0.5) is 9.59 Å². The fraction of sp³-hybridized carbons (Fsp3) is 0.511. The molecule has 2 saturated heterocycles. The van der Waals surface area contributed by atoms with Gasteiger partial charge >= 0.3 is 12.2 Å². The van der Waals surface area contributed by atoms with Gasteiger partial charge in [0.2, 0.25) is 11.8 Å². The third-order valence-corrected chi connectivity index (χ3v) is 12.6. The maximum absolute atomic E-state index is 13.8. The van der Waals surface area contributed by atoms with Crippen LogP contribution in [-0.2, 0) is 38.5 Å². The minimum absolute atomic E-state index is 0.121. The van der Waals surface area contributed by atoms with Crippen LogP contribution >= 0.6 is 0 Å². The first kappa shape index (κ1) is 40.9. The number of alkyl carbamates (subject to hydrolysis) is 2. The van der Waals surface area contributed by atoms with E-state index in [1.807, 2.05) is 49.9 Å². The normalized spacial score (nSPS) is 21.4. The number of nitrogens with one attached hydrogen (secondary N) is 4. The number of carbonyl (C=O) groups excluding carboxylic acids is 4. The number of hydrogen-bond donors (Lipinski definition) is 4. The second-order valence-electron chi connectivity index (χ2n) is 17.7. The third kappa shape index (κ3) is 7.58. The summed E-state index contributed by atoms with van der Waals surface area (Å²) in [6, 6.07) is 6.82. The molecule has 4 N–H and O–H groups in total. The highest BCUT2D eigenvalue weighted by Crippen LogP contribution is 2.49. The minimum Gasteiger partial charge on any atom is -0.488 e. The highest BCUT2D eigenvalue weighted by molar-refractivity contribution is 5.89. The molecule has 0 unspecified atom stereocenters. The van der Waals surface area contributed by atoms with Gasteiger partial charge in [-0.15, -0.1) is 0 Å².